The van der Waals surface area contributed by atoms with Gasteiger partial charge in [0.25, 0.3) is 0 Å². The molecule has 0 saturated carbocycles. The highest BCUT2D eigenvalue weighted by molar-refractivity contribution is 14.0. The summed E-state index contributed by atoms with van der Waals surface area (Å²) in [4.78, 5) is 6.43. The van der Waals surface area contributed by atoms with Gasteiger partial charge in [-0.15, -0.1) is 35.7 Å². The number of likely N-dealkylation sites (N-methyl/N-ethyl adjacent to an activating group) is 1. The van der Waals surface area contributed by atoms with E-state index in [4.69, 9.17) is 0 Å². The molecule has 0 spiro atoms. The number of hydrogen-bond donors (Lipinski definition) is 1. The predicted octanol–water partition coefficient (Wildman–Crippen LogP) is 0.473. The van der Waals surface area contributed by atoms with Gasteiger partial charge in [-0.1, -0.05) is 11.3 Å². The van der Waals surface area contributed by atoms with Crippen molar-refractivity contribution >= 4 is 29.9 Å². The Labute approximate surface area is 118 Å². The minimum atomic E-state index is 0. The second-order valence-electron chi connectivity index (χ2n) is 3.70. The van der Waals surface area contributed by atoms with E-state index in [0.29, 0.717) is 13.1 Å². The summed E-state index contributed by atoms with van der Waals surface area (Å²) in [5, 5.41) is 11.3. The van der Waals surface area contributed by atoms with Crippen LogP contribution in [0, 0.1) is 0 Å². The van der Waals surface area contributed by atoms with Crippen molar-refractivity contribution in [2.24, 2.45) is 4.99 Å². The summed E-state index contributed by atoms with van der Waals surface area (Å²) in [6.45, 7) is 6.84. The first-order valence-electron chi connectivity index (χ1n) is 5.29. The first-order valence-corrected chi connectivity index (χ1v) is 5.29. The van der Waals surface area contributed by atoms with E-state index in [9.17, 15) is 0 Å². The normalized spacial score (nSPS) is 14.2. The van der Waals surface area contributed by atoms with Crippen molar-refractivity contribution < 1.29 is 0 Å². The Kier molecular flexibility index (Phi) is 5.39. The average molecular weight is 348 g/mol. The van der Waals surface area contributed by atoms with E-state index >= 15 is 0 Å². The molecule has 0 saturated heterocycles. The van der Waals surface area contributed by atoms with Gasteiger partial charge in [-0.05, 0) is 0 Å². The van der Waals surface area contributed by atoms with Gasteiger partial charge in [0.2, 0.25) is 0 Å². The molecule has 0 amide bonds. The number of hydrogen-bond acceptors (Lipinski definition) is 5. The first-order chi connectivity index (χ1) is 7.79. The molecule has 0 aliphatic carbocycles. The number of nitrogens with one attached hydrogen (secondary N) is 1. The molecular weight excluding hydrogens is 331 g/mol. The highest BCUT2D eigenvalue weighted by Crippen LogP contribution is 1.97. The molecule has 7 heteroatoms. The minimum Gasteiger partial charge on any atom is -0.350 e. The number of aromatic nitrogens is 3. The van der Waals surface area contributed by atoms with E-state index in [1.807, 2.05) is 13.2 Å². The first kappa shape index (κ1) is 13.9. The van der Waals surface area contributed by atoms with Crippen molar-refractivity contribution in [2.75, 3.05) is 20.1 Å². The molecule has 0 radical (unpaired) electrons. The minimum absolute atomic E-state index is 0. The van der Waals surface area contributed by atoms with Crippen LogP contribution in [0.1, 0.15) is 5.69 Å². The van der Waals surface area contributed by atoms with E-state index in [0.717, 1.165) is 24.7 Å². The number of nitrogens with zero attached hydrogens (tertiary/aromatic N) is 5. The van der Waals surface area contributed by atoms with E-state index in [-0.39, 0.29) is 24.0 Å². The summed E-state index contributed by atoms with van der Waals surface area (Å²) >= 11 is 0. The quantitative estimate of drug-likeness (QED) is 0.635. The summed E-state index contributed by atoms with van der Waals surface area (Å²) in [6.07, 6.45) is 3.70. The van der Waals surface area contributed by atoms with Crippen molar-refractivity contribution in [1.82, 2.24) is 25.2 Å². The van der Waals surface area contributed by atoms with E-state index < -0.39 is 0 Å². The summed E-state index contributed by atoms with van der Waals surface area (Å²) < 4.78 is 1.75. The lowest BCUT2D eigenvalue weighted by atomic mass is 10.4. The average Bonchev–Trinajstić information content (AvgIpc) is 2.86. The Hall–Kier alpha value is -1.12. The second-order valence-corrected chi connectivity index (χ2v) is 3.70. The van der Waals surface area contributed by atoms with Crippen molar-refractivity contribution in [3.05, 3.63) is 24.5 Å². The van der Waals surface area contributed by atoms with Crippen molar-refractivity contribution in [3.8, 4) is 0 Å². The summed E-state index contributed by atoms with van der Waals surface area (Å²) in [7, 11) is 2.02. The molecule has 0 unspecified atom stereocenters. The summed E-state index contributed by atoms with van der Waals surface area (Å²) in [5.41, 5.74) is 0.907. The topological polar surface area (TPSA) is 58.3 Å². The molecular formula is C10H17IN6. The lowest BCUT2D eigenvalue weighted by Gasteiger charge is -2.13. The van der Waals surface area contributed by atoms with Gasteiger partial charge in [0.05, 0.1) is 25.8 Å². The van der Waals surface area contributed by atoms with Gasteiger partial charge in [0.15, 0.2) is 5.96 Å². The van der Waals surface area contributed by atoms with Crippen LogP contribution in [0.25, 0.3) is 0 Å². The molecule has 1 aromatic rings. The highest BCUT2D eigenvalue weighted by atomic mass is 127. The molecule has 17 heavy (non-hydrogen) atoms. The smallest absolute Gasteiger partial charge is 0.194 e. The van der Waals surface area contributed by atoms with Gasteiger partial charge in [-0.3, -0.25) is 4.99 Å². The number of rotatable bonds is 4. The Balaban J connectivity index is 0.00000144. The molecule has 1 aromatic heterocycles. The van der Waals surface area contributed by atoms with Crippen LogP contribution in [0.15, 0.2) is 23.8 Å². The lowest BCUT2D eigenvalue weighted by molar-refractivity contribution is 0.533. The number of aliphatic imine (C=N–C) groups is 1. The maximum atomic E-state index is 4.34. The molecule has 1 N–H and O–H groups in total. The fraction of sp³-hybridized carbons (Fsp3) is 0.500. The predicted molar refractivity (Wildman–Crippen MR) is 77.4 cm³/mol. The zero-order valence-electron chi connectivity index (χ0n) is 9.83. The van der Waals surface area contributed by atoms with Crippen molar-refractivity contribution in [3.63, 3.8) is 0 Å². The van der Waals surface area contributed by atoms with Crippen molar-refractivity contribution in [2.45, 2.75) is 13.1 Å². The van der Waals surface area contributed by atoms with E-state index in [1.54, 1.807) is 10.8 Å². The molecule has 0 bridgehead atoms. The Morgan fingerprint density at radius 3 is 3.06 bits per heavy atom. The van der Waals surface area contributed by atoms with Crippen LogP contribution in [-0.4, -0.2) is 46.0 Å². The highest BCUT2D eigenvalue weighted by Gasteiger charge is 2.11. The molecule has 2 heterocycles. The Bertz CT molecular complexity index is 399. The Morgan fingerprint density at radius 2 is 2.41 bits per heavy atom. The third-order valence-electron chi connectivity index (χ3n) is 2.39. The lowest BCUT2D eigenvalue weighted by Crippen LogP contribution is -2.35. The van der Waals surface area contributed by atoms with Crippen molar-refractivity contribution in [1.29, 1.82) is 0 Å². The number of guanidine groups is 1. The van der Waals surface area contributed by atoms with Gasteiger partial charge in [-0.2, -0.15) is 0 Å². The zero-order valence-corrected chi connectivity index (χ0v) is 12.2. The van der Waals surface area contributed by atoms with Crippen LogP contribution >= 0.6 is 24.0 Å². The maximum absolute atomic E-state index is 4.34. The van der Waals surface area contributed by atoms with Gasteiger partial charge in [-0.25, -0.2) is 4.68 Å². The zero-order chi connectivity index (χ0) is 11.4. The van der Waals surface area contributed by atoms with Crippen LogP contribution < -0.4 is 5.32 Å². The molecule has 1 aliphatic heterocycles. The molecule has 2 rings (SSSR count). The van der Waals surface area contributed by atoms with E-state index in [2.05, 4.69) is 32.1 Å². The van der Waals surface area contributed by atoms with Gasteiger partial charge in [0.1, 0.15) is 5.69 Å². The number of allylic oxidation sites excluding steroid dienone is 1. The third kappa shape index (κ3) is 3.69. The van der Waals surface area contributed by atoms with Crippen LogP contribution in [0.3, 0.4) is 0 Å². The van der Waals surface area contributed by atoms with Crippen LogP contribution in [-0.2, 0) is 13.1 Å². The maximum Gasteiger partial charge on any atom is 0.194 e. The molecule has 0 fully saturated rings. The summed E-state index contributed by atoms with van der Waals surface area (Å²) in [6, 6.07) is 0. The second kappa shape index (κ2) is 6.58. The molecule has 94 valence electrons. The molecule has 0 aromatic carbocycles. The fourth-order valence-corrected chi connectivity index (χ4v) is 1.53. The van der Waals surface area contributed by atoms with Gasteiger partial charge >= 0.3 is 0 Å². The SMILES string of the molecule is C=CCn1cc(CNC2=NCCN2C)nn1.I. The molecule has 1 aliphatic rings. The Morgan fingerprint density at radius 1 is 1.59 bits per heavy atom. The molecule has 0 atom stereocenters. The monoisotopic (exact) mass is 348 g/mol. The van der Waals surface area contributed by atoms with Gasteiger partial charge < -0.3 is 10.2 Å². The van der Waals surface area contributed by atoms with E-state index in [1.165, 1.54) is 0 Å². The van der Waals surface area contributed by atoms with Crippen LogP contribution in [0.2, 0.25) is 0 Å². The summed E-state index contributed by atoms with van der Waals surface area (Å²) in [5.74, 6) is 0.929. The largest absolute Gasteiger partial charge is 0.350 e. The van der Waals surface area contributed by atoms with Gasteiger partial charge in [0, 0.05) is 13.6 Å². The fourth-order valence-electron chi connectivity index (χ4n) is 1.53. The third-order valence-corrected chi connectivity index (χ3v) is 2.39. The van der Waals surface area contributed by atoms with Crippen LogP contribution in [0.4, 0.5) is 0 Å². The van der Waals surface area contributed by atoms with Crippen LogP contribution in [0.5, 0.6) is 0 Å². The molecule has 6 nitrogen and oxygen atoms in total. The standard InChI is InChI=1S/C10H16N6.HI/c1-3-5-16-8-9(13-14-16)7-12-10-11-4-6-15(10)2;/h3,8H,1,4-7H2,2H3,(H,11,12);1H. The number of halogens is 1.